The Morgan fingerprint density at radius 1 is 1.57 bits per heavy atom. The number of rotatable bonds is 0. The van der Waals surface area contributed by atoms with Crippen molar-refractivity contribution < 1.29 is 21.7 Å². The van der Waals surface area contributed by atoms with Crippen molar-refractivity contribution in [2.45, 2.75) is 6.42 Å². The molecule has 0 bridgehead atoms. The summed E-state index contributed by atoms with van der Waals surface area (Å²) in [5.74, 6) is 0. The summed E-state index contributed by atoms with van der Waals surface area (Å²) < 4.78 is 0. The summed E-state index contributed by atoms with van der Waals surface area (Å²) in [6, 6.07) is 0. The zero-order valence-electron chi connectivity index (χ0n) is 3.82. The van der Waals surface area contributed by atoms with E-state index >= 15 is 0 Å². The fraction of sp³-hybridized carbons (Fsp3) is 0.200. The van der Waals surface area contributed by atoms with E-state index in [-0.39, 0.29) is 21.7 Å². The van der Waals surface area contributed by atoms with Crippen LogP contribution in [0.4, 0.5) is 0 Å². The molecule has 0 atom stereocenters. The van der Waals surface area contributed by atoms with Gasteiger partial charge in [-0.25, -0.2) is 0 Å². The molecule has 1 aliphatic carbocycles. The van der Waals surface area contributed by atoms with Crippen LogP contribution in [0.25, 0.3) is 0 Å². The van der Waals surface area contributed by atoms with Gasteiger partial charge in [-0.3, -0.25) is 0 Å². The van der Waals surface area contributed by atoms with Crippen molar-refractivity contribution in [3.63, 3.8) is 0 Å². The first-order valence-electron chi connectivity index (χ1n) is 1.92. The van der Waals surface area contributed by atoms with Gasteiger partial charge < -0.3 is 0 Å². The fourth-order valence-corrected chi connectivity index (χ4v) is 0.607. The van der Waals surface area contributed by atoms with Gasteiger partial charge in [0.05, 0.1) is 0 Å². The normalized spacial score (nSPS) is 15.9. The summed E-state index contributed by atoms with van der Waals surface area (Å²) in [5, 5.41) is 0.870. The molecule has 0 amide bonds. The standard InChI is InChI=1S/C5H5Cl.Ti/c6-5-3-1-2-4-5;/h1,3-4H,2H2;. The van der Waals surface area contributed by atoms with Crippen LogP contribution in [0.1, 0.15) is 6.42 Å². The van der Waals surface area contributed by atoms with Crippen LogP contribution in [0.3, 0.4) is 0 Å². The average Bonchev–Trinajstić information content (AvgIpc) is 1.86. The van der Waals surface area contributed by atoms with Crippen LogP contribution in [0.15, 0.2) is 23.3 Å². The Kier molecular flexibility index (Phi) is 3.72. The van der Waals surface area contributed by atoms with Gasteiger partial charge >= 0.3 is 0 Å². The molecule has 2 heteroatoms. The third kappa shape index (κ3) is 2.33. The van der Waals surface area contributed by atoms with Crippen LogP contribution >= 0.6 is 11.6 Å². The van der Waals surface area contributed by atoms with Crippen molar-refractivity contribution in [3.8, 4) is 0 Å². The van der Waals surface area contributed by atoms with Crippen molar-refractivity contribution in [1.82, 2.24) is 0 Å². The Hall–Kier alpha value is 0.484. The van der Waals surface area contributed by atoms with Crippen LogP contribution in [0.2, 0.25) is 0 Å². The molecule has 0 unspecified atom stereocenters. The van der Waals surface area contributed by atoms with E-state index in [4.69, 9.17) is 11.6 Å². The molecule has 1 aliphatic rings. The van der Waals surface area contributed by atoms with Gasteiger partial charge in [-0.2, -0.15) is 0 Å². The zero-order chi connectivity index (χ0) is 4.41. The Morgan fingerprint density at radius 2 is 2.29 bits per heavy atom. The molecular weight excluding hydrogens is 143 g/mol. The molecule has 0 aromatic heterocycles. The minimum absolute atomic E-state index is 0. The SMILES string of the molecule is ClC1=CCC=C1.[Ti]. The predicted octanol–water partition coefficient (Wildman–Crippen LogP) is 2.07. The maximum atomic E-state index is 5.49. The van der Waals surface area contributed by atoms with Gasteiger partial charge in [0.2, 0.25) is 0 Å². The topological polar surface area (TPSA) is 0 Å². The molecule has 0 saturated heterocycles. The number of allylic oxidation sites excluding steroid dienone is 4. The van der Waals surface area contributed by atoms with Crippen LogP contribution in [-0.4, -0.2) is 0 Å². The molecule has 0 aromatic rings. The fourth-order valence-electron chi connectivity index (χ4n) is 0.429. The van der Waals surface area contributed by atoms with Crippen molar-refractivity contribution in [2.75, 3.05) is 0 Å². The molecule has 0 nitrogen and oxygen atoms in total. The maximum absolute atomic E-state index is 5.49. The summed E-state index contributed by atoms with van der Waals surface area (Å²) in [6.07, 6.45) is 6.92. The van der Waals surface area contributed by atoms with Gasteiger partial charge in [0.1, 0.15) is 0 Å². The Morgan fingerprint density at radius 3 is 2.43 bits per heavy atom. The molecule has 0 saturated carbocycles. The van der Waals surface area contributed by atoms with E-state index < -0.39 is 0 Å². The first kappa shape index (κ1) is 7.48. The molecule has 0 aliphatic heterocycles. The monoisotopic (exact) mass is 148 g/mol. The molecule has 0 aromatic carbocycles. The second kappa shape index (κ2) is 3.48. The Balaban J connectivity index is 0.000000360. The molecule has 0 heterocycles. The third-order valence-electron chi connectivity index (χ3n) is 0.726. The van der Waals surface area contributed by atoms with E-state index in [0.29, 0.717) is 0 Å². The smallest absolute Gasteiger partial charge is 0.0366 e. The van der Waals surface area contributed by atoms with Crippen LogP contribution in [0, 0.1) is 0 Å². The van der Waals surface area contributed by atoms with E-state index in [2.05, 4.69) is 0 Å². The summed E-state index contributed by atoms with van der Waals surface area (Å²) >= 11 is 5.49. The largest absolute Gasteiger partial charge is 0.0847 e. The van der Waals surface area contributed by atoms with E-state index in [9.17, 15) is 0 Å². The molecule has 0 spiro atoms. The molecule has 0 N–H and O–H groups in total. The van der Waals surface area contributed by atoms with E-state index in [0.717, 1.165) is 11.5 Å². The van der Waals surface area contributed by atoms with Crippen molar-refractivity contribution >= 4 is 11.6 Å². The third-order valence-corrected chi connectivity index (χ3v) is 1.01. The summed E-state index contributed by atoms with van der Waals surface area (Å²) in [7, 11) is 0. The van der Waals surface area contributed by atoms with Gasteiger partial charge in [0.15, 0.2) is 0 Å². The van der Waals surface area contributed by atoms with Crippen LogP contribution in [0.5, 0.6) is 0 Å². The second-order valence-corrected chi connectivity index (χ2v) is 1.66. The van der Waals surface area contributed by atoms with Gasteiger partial charge in [0, 0.05) is 26.8 Å². The molecule has 1 rings (SSSR count). The molecule has 36 valence electrons. The van der Waals surface area contributed by atoms with E-state index in [1.165, 1.54) is 0 Å². The second-order valence-electron chi connectivity index (χ2n) is 1.23. The van der Waals surface area contributed by atoms with Crippen LogP contribution in [-0.2, 0) is 21.7 Å². The minimum atomic E-state index is 0. The maximum Gasteiger partial charge on any atom is 0.0366 e. The van der Waals surface area contributed by atoms with Gasteiger partial charge in [-0.15, -0.1) is 0 Å². The predicted molar refractivity (Wildman–Crippen MR) is 27.7 cm³/mol. The molecular formula is C5H5ClTi. The summed E-state index contributed by atoms with van der Waals surface area (Å²) in [5.41, 5.74) is 0. The number of halogens is 1. The van der Waals surface area contributed by atoms with Gasteiger partial charge in [-0.05, 0) is 12.5 Å². The Labute approximate surface area is 63.1 Å². The molecule has 7 heavy (non-hydrogen) atoms. The Bertz CT molecular complexity index is 102. The first-order valence-corrected chi connectivity index (χ1v) is 2.29. The van der Waals surface area contributed by atoms with Crippen molar-refractivity contribution in [3.05, 3.63) is 23.3 Å². The first-order chi connectivity index (χ1) is 2.89. The number of hydrogen-bond acceptors (Lipinski definition) is 0. The molecule has 0 radical (unpaired) electrons. The van der Waals surface area contributed by atoms with Gasteiger partial charge in [-0.1, -0.05) is 23.8 Å². The van der Waals surface area contributed by atoms with Gasteiger partial charge in [0.25, 0.3) is 0 Å². The van der Waals surface area contributed by atoms with Crippen LogP contribution < -0.4 is 0 Å². The zero-order valence-corrected chi connectivity index (χ0v) is 6.13. The minimum Gasteiger partial charge on any atom is -0.0847 e. The summed E-state index contributed by atoms with van der Waals surface area (Å²) in [4.78, 5) is 0. The van der Waals surface area contributed by atoms with Crippen molar-refractivity contribution in [1.29, 1.82) is 0 Å². The van der Waals surface area contributed by atoms with E-state index in [1.807, 2.05) is 18.2 Å². The van der Waals surface area contributed by atoms with Crippen molar-refractivity contribution in [2.24, 2.45) is 0 Å². The quantitative estimate of drug-likeness (QED) is 0.461. The van der Waals surface area contributed by atoms with E-state index in [1.54, 1.807) is 0 Å². The number of hydrogen-bond donors (Lipinski definition) is 0. The summed E-state index contributed by atoms with van der Waals surface area (Å²) in [6.45, 7) is 0. The average molecular weight is 148 g/mol. The molecule has 0 fully saturated rings.